The lowest BCUT2D eigenvalue weighted by Crippen LogP contribution is -2.28. The highest BCUT2D eigenvalue weighted by atomic mass is 16.2. The molecule has 2 amide bonds. The summed E-state index contributed by atoms with van der Waals surface area (Å²) in [6.07, 6.45) is 3.37. The van der Waals surface area contributed by atoms with Crippen LogP contribution in [-0.4, -0.2) is 11.0 Å². The van der Waals surface area contributed by atoms with Crippen LogP contribution in [0.15, 0.2) is 48.8 Å². The van der Waals surface area contributed by atoms with Gasteiger partial charge in [0.25, 0.3) is 0 Å². The summed E-state index contributed by atoms with van der Waals surface area (Å²) in [5, 5.41) is 14.1. The molecule has 1 aromatic carbocycles. The molecular formula is C14H12N4O. The molecule has 5 nitrogen and oxygen atoms in total. The Kier molecular flexibility index (Phi) is 4.09. The Morgan fingerprint density at radius 2 is 2.21 bits per heavy atom. The number of carbonyl (C=O) groups is 1. The van der Waals surface area contributed by atoms with Gasteiger partial charge in [0.1, 0.15) is 0 Å². The Balaban J connectivity index is 1.89. The van der Waals surface area contributed by atoms with Crippen molar-refractivity contribution < 1.29 is 4.79 Å². The quantitative estimate of drug-likeness (QED) is 0.879. The first-order valence-electron chi connectivity index (χ1n) is 5.72. The maximum Gasteiger partial charge on any atom is 0.319 e. The number of amides is 2. The van der Waals surface area contributed by atoms with E-state index in [0.29, 0.717) is 17.8 Å². The second-order valence-corrected chi connectivity index (χ2v) is 3.86. The molecule has 2 N–H and O–H groups in total. The van der Waals surface area contributed by atoms with Crippen molar-refractivity contribution in [3.05, 3.63) is 59.9 Å². The van der Waals surface area contributed by atoms with E-state index in [-0.39, 0.29) is 6.03 Å². The standard InChI is InChI=1S/C14H12N4O/c15-8-11-3-1-5-13(7-11)18-14(19)17-10-12-4-2-6-16-9-12/h1-7,9H,10H2,(H2,17,18,19). The molecule has 1 heterocycles. The van der Waals surface area contributed by atoms with E-state index < -0.39 is 0 Å². The fourth-order valence-corrected chi connectivity index (χ4v) is 1.53. The minimum atomic E-state index is -0.320. The minimum Gasteiger partial charge on any atom is -0.334 e. The summed E-state index contributed by atoms with van der Waals surface area (Å²) in [6, 6.07) is 12.1. The molecular weight excluding hydrogens is 240 g/mol. The van der Waals surface area contributed by atoms with Crippen LogP contribution in [0.25, 0.3) is 0 Å². The maximum absolute atomic E-state index is 11.7. The topological polar surface area (TPSA) is 77.8 Å². The first-order valence-corrected chi connectivity index (χ1v) is 5.72. The van der Waals surface area contributed by atoms with Crippen molar-refractivity contribution in [1.82, 2.24) is 10.3 Å². The fraction of sp³-hybridized carbons (Fsp3) is 0.0714. The van der Waals surface area contributed by atoms with Crippen molar-refractivity contribution in [2.24, 2.45) is 0 Å². The van der Waals surface area contributed by atoms with E-state index >= 15 is 0 Å². The van der Waals surface area contributed by atoms with E-state index in [0.717, 1.165) is 5.56 Å². The lowest BCUT2D eigenvalue weighted by molar-refractivity contribution is 0.251. The first-order chi connectivity index (χ1) is 9.28. The zero-order chi connectivity index (χ0) is 13.5. The molecule has 0 unspecified atom stereocenters. The average Bonchev–Trinajstić information content (AvgIpc) is 2.46. The lowest BCUT2D eigenvalue weighted by atomic mass is 10.2. The van der Waals surface area contributed by atoms with Crippen molar-refractivity contribution in [1.29, 1.82) is 5.26 Å². The van der Waals surface area contributed by atoms with Gasteiger partial charge in [-0.3, -0.25) is 4.98 Å². The van der Waals surface area contributed by atoms with Gasteiger partial charge in [-0.25, -0.2) is 4.79 Å². The van der Waals surface area contributed by atoms with Crippen molar-refractivity contribution >= 4 is 11.7 Å². The number of pyridine rings is 1. The Labute approximate surface area is 110 Å². The van der Waals surface area contributed by atoms with Crippen LogP contribution >= 0.6 is 0 Å². The molecule has 2 aromatic rings. The number of hydrogen-bond donors (Lipinski definition) is 2. The minimum absolute atomic E-state index is 0.320. The Morgan fingerprint density at radius 3 is 2.95 bits per heavy atom. The van der Waals surface area contributed by atoms with Gasteiger partial charge in [-0.05, 0) is 29.8 Å². The molecule has 94 valence electrons. The van der Waals surface area contributed by atoms with Crippen molar-refractivity contribution in [2.45, 2.75) is 6.54 Å². The molecule has 1 aromatic heterocycles. The highest BCUT2D eigenvalue weighted by molar-refractivity contribution is 5.89. The summed E-state index contributed by atoms with van der Waals surface area (Å²) < 4.78 is 0. The number of anilines is 1. The SMILES string of the molecule is N#Cc1cccc(NC(=O)NCc2cccnc2)c1. The Bertz CT molecular complexity index is 604. The van der Waals surface area contributed by atoms with E-state index in [1.807, 2.05) is 18.2 Å². The molecule has 5 heteroatoms. The summed E-state index contributed by atoms with van der Waals surface area (Å²) in [6.45, 7) is 0.400. The van der Waals surface area contributed by atoms with Gasteiger partial charge in [0.15, 0.2) is 0 Å². The van der Waals surface area contributed by atoms with Crippen LogP contribution < -0.4 is 10.6 Å². The normalized spacial score (nSPS) is 9.42. The van der Waals surface area contributed by atoms with Crippen LogP contribution in [0.1, 0.15) is 11.1 Å². The summed E-state index contributed by atoms with van der Waals surface area (Å²) >= 11 is 0. The number of benzene rings is 1. The summed E-state index contributed by atoms with van der Waals surface area (Å²) in [7, 11) is 0. The van der Waals surface area contributed by atoms with E-state index in [4.69, 9.17) is 5.26 Å². The van der Waals surface area contributed by atoms with Crippen LogP contribution in [0, 0.1) is 11.3 Å². The van der Waals surface area contributed by atoms with Crippen LogP contribution in [0.2, 0.25) is 0 Å². The van der Waals surface area contributed by atoms with Gasteiger partial charge >= 0.3 is 6.03 Å². The fourth-order valence-electron chi connectivity index (χ4n) is 1.53. The molecule has 0 saturated heterocycles. The second kappa shape index (κ2) is 6.17. The molecule has 0 radical (unpaired) electrons. The molecule has 0 aliphatic heterocycles. The zero-order valence-electron chi connectivity index (χ0n) is 10.1. The number of urea groups is 1. The molecule has 19 heavy (non-hydrogen) atoms. The molecule has 0 aliphatic carbocycles. The van der Waals surface area contributed by atoms with Crippen molar-refractivity contribution in [2.75, 3.05) is 5.32 Å². The molecule has 0 saturated carbocycles. The van der Waals surface area contributed by atoms with E-state index in [9.17, 15) is 4.79 Å². The van der Waals surface area contributed by atoms with Crippen LogP contribution in [-0.2, 0) is 6.54 Å². The van der Waals surface area contributed by atoms with Crippen LogP contribution in [0.3, 0.4) is 0 Å². The molecule has 0 atom stereocenters. The van der Waals surface area contributed by atoms with Gasteiger partial charge in [-0.1, -0.05) is 12.1 Å². The smallest absolute Gasteiger partial charge is 0.319 e. The molecule has 0 bridgehead atoms. The Hall–Kier alpha value is -2.87. The number of aromatic nitrogens is 1. The zero-order valence-corrected chi connectivity index (χ0v) is 10.1. The number of carbonyl (C=O) groups excluding carboxylic acids is 1. The van der Waals surface area contributed by atoms with E-state index in [2.05, 4.69) is 15.6 Å². The van der Waals surface area contributed by atoms with E-state index in [1.165, 1.54) is 0 Å². The largest absolute Gasteiger partial charge is 0.334 e. The predicted octanol–water partition coefficient (Wildman–Crippen LogP) is 2.27. The van der Waals surface area contributed by atoms with Gasteiger partial charge < -0.3 is 10.6 Å². The second-order valence-electron chi connectivity index (χ2n) is 3.86. The highest BCUT2D eigenvalue weighted by Crippen LogP contribution is 2.09. The number of rotatable bonds is 3. The van der Waals surface area contributed by atoms with Gasteiger partial charge in [0.2, 0.25) is 0 Å². The average molecular weight is 252 g/mol. The molecule has 0 fully saturated rings. The van der Waals surface area contributed by atoms with Crippen LogP contribution in [0.5, 0.6) is 0 Å². The summed E-state index contributed by atoms with van der Waals surface area (Å²) in [4.78, 5) is 15.6. The van der Waals surface area contributed by atoms with Crippen LogP contribution in [0.4, 0.5) is 10.5 Å². The first kappa shape index (κ1) is 12.6. The third-order valence-corrected chi connectivity index (χ3v) is 2.43. The lowest BCUT2D eigenvalue weighted by Gasteiger charge is -2.07. The van der Waals surface area contributed by atoms with Crippen molar-refractivity contribution in [3.8, 4) is 6.07 Å². The van der Waals surface area contributed by atoms with Gasteiger partial charge in [0.05, 0.1) is 11.6 Å². The maximum atomic E-state index is 11.7. The van der Waals surface area contributed by atoms with Gasteiger partial charge in [-0.15, -0.1) is 0 Å². The number of nitriles is 1. The van der Waals surface area contributed by atoms with Crippen molar-refractivity contribution in [3.63, 3.8) is 0 Å². The highest BCUT2D eigenvalue weighted by Gasteiger charge is 2.02. The third-order valence-electron chi connectivity index (χ3n) is 2.43. The van der Waals surface area contributed by atoms with E-state index in [1.54, 1.807) is 36.7 Å². The molecule has 0 spiro atoms. The molecule has 2 rings (SSSR count). The van der Waals surface area contributed by atoms with Gasteiger partial charge in [-0.2, -0.15) is 5.26 Å². The molecule has 0 aliphatic rings. The van der Waals surface area contributed by atoms with Gasteiger partial charge in [0, 0.05) is 24.6 Å². The number of nitrogens with zero attached hydrogens (tertiary/aromatic N) is 2. The summed E-state index contributed by atoms with van der Waals surface area (Å²) in [5.74, 6) is 0. The number of nitrogens with one attached hydrogen (secondary N) is 2. The number of hydrogen-bond acceptors (Lipinski definition) is 3. The predicted molar refractivity (Wildman–Crippen MR) is 71.3 cm³/mol. The third kappa shape index (κ3) is 3.82. The monoisotopic (exact) mass is 252 g/mol. The summed E-state index contributed by atoms with van der Waals surface area (Å²) in [5.41, 5.74) is 2.01. The Morgan fingerprint density at radius 1 is 1.32 bits per heavy atom.